The average molecular weight is 353 g/mol. The van der Waals surface area contributed by atoms with Crippen molar-refractivity contribution in [2.24, 2.45) is 0 Å². The number of carbonyl (C=O) groups excluding carboxylic acids is 2. The van der Waals surface area contributed by atoms with Crippen LogP contribution >= 0.6 is 21.6 Å². The molecule has 0 unspecified atom stereocenters. The van der Waals surface area contributed by atoms with Crippen molar-refractivity contribution in [3.8, 4) is 0 Å². The summed E-state index contributed by atoms with van der Waals surface area (Å²) in [5.41, 5.74) is -0.946. The molecule has 0 rings (SSSR count). The second-order valence-electron chi connectivity index (χ2n) is 6.50. The minimum atomic E-state index is -0.473. The Labute approximate surface area is 141 Å². The van der Waals surface area contributed by atoms with Crippen molar-refractivity contribution in [2.45, 2.75) is 52.7 Å². The number of hydrogen-bond donors (Lipinski definition) is 2. The number of alkyl carbamates (subject to hydrolysis) is 2. The smallest absolute Gasteiger partial charge is 0.407 e. The number of ether oxygens (including phenoxy) is 2. The molecule has 0 heterocycles. The van der Waals surface area contributed by atoms with Crippen LogP contribution < -0.4 is 10.6 Å². The molecule has 0 aromatic carbocycles. The summed E-state index contributed by atoms with van der Waals surface area (Å²) < 4.78 is 10.2. The van der Waals surface area contributed by atoms with E-state index in [1.807, 2.05) is 41.5 Å². The summed E-state index contributed by atoms with van der Waals surface area (Å²) in [5, 5.41) is 5.38. The van der Waals surface area contributed by atoms with Crippen molar-refractivity contribution >= 4 is 33.8 Å². The summed E-state index contributed by atoms with van der Waals surface area (Å²) >= 11 is 0. The lowest BCUT2D eigenvalue weighted by atomic mass is 10.2. The molecule has 2 amide bonds. The van der Waals surface area contributed by atoms with E-state index in [1.54, 1.807) is 21.6 Å². The van der Waals surface area contributed by atoms with Crippen molar-refractivity contribution in [3.05, 3.63) is 0 Å². The minimum Gasteiger partial charge on any atom is -0.444 e. The Balaban J connectivity index is 3.45. The summed E-state index contributed by atoms with van der Waals surface area (Å²) in [7, 11) is 3.26. The van der Waals surface area contributed by atoms with Gasteiger partial charge in [-0.2, -0.15) is 0 Å². The highest BCUT2D eigenvalue weighted by Gasteiger charge is 2.16. The van der Waals surface area contributed by atoms with E-state index in [0.29, 0.717) is 13.1 Å². The largest absolute Gasteiger partial charge is 0.444 e. The molecule has 0 bridgehead atoms. The van der Waals surface area contributed by atoms with E-state index < -0.39 is 23.4 Å². The second-order valence-corrected chi connectivity index (χ2v) is 9.20. The lowest BCUT2D eigenvalue weighted by molar-refractivity contribution is 0.0519. The quantitative estimate of drug-likeness (QED) is 0.540. The number of amides is 2. The van der Waals surface area contributed by atoms with Crippen LogP contribution in [0.25, 0.3) is 0 Å². The molecule has 0 fully saturated rings. The molecule has 0 aliphatic rings. The normalized spacial score (nSPS) is 11.7. The van der Waals surface area contributed by atoms with Gasteiger partial charge in [0.25, 0.3) is 0 Å². The van der Waals surface area contributed by atoms with Gasteiger partial charge < -0.3 is 20.1 Å². The van der Waals surface area contributed by atoms with Crippen LogP contribution in [-0.4, -0.2) is 48.0 Å². The molecule has 0 spiro atoms. The maximum Gasteiger partial charge on any atom is 0.407 e. The lowest BCUT2D eigenvalue weighted by Gasteiger charge is -2.19. The lowest BCUT2D eigenvalue weighted by Crippen LogP contribution is -2.33. The van der Waals surface area contributed by atoms with E-state index in [-0.39, 0.29) is 0 Å². The van der Waals surface area contributed by atoms with Gasteiger partial charge in [-0.25, -0.2) is 9.59 Å². The third-order valence-electron chi connectivity index (χ3n) is 1.79. The van der Waals surface area contributed by atoms with Gasteiger partial charge in [0, 0.05) is 24.6 Å². The van der Waals surface area contributed by atoms with E-state index in [4.69, 9.17) is 9.47 Å². The molecule has 0 aromatic rings. The molecule has 0 aliphatic heterocycles. The van der Waals surface area contributed by atoms with Crippen LogP contribution in [0, 0.1) is 0 Å². The molecule has 2 N–H and O–H groups in total. The molecular formula is C14H28N2O4S2. The Kier molecular flexibility index (Phi) is 9.75. The molecule has 0 saturated heterocycles. The van der Waals surface area contributed by atoms with E-state index in [0.717, 1.165) is 11.5 Å². The topological polar surface area (TPSA) is 76.7 Å². The summed E-state index contributed by atoms with van der Waals surface area (Å²) in [4.78, 5) is 22.7. The Morgan fingerprint density at radius 2 is 1.09 bits per heavy atom. The summed E-state index contributed by atoms with van der Waals surface area (Å²) in [5.74, 6) is 1.55. The molecule has 0 radical (unpaired) electrons. The molecule has 130 valence electrons. The van der Waals surface area contributed by atoms with Crippen LogP contribution in [0.15, 0.2) is 0 Å². The molecule has 0 saturated carbocycles. The first kappa shape index (κ1) is 21.2. The molecule has 6 nitrogen and oxygen atoms in total. The molecule has 0 aromatic heterocycles. The summed E-state index contributed by atoms with van der Waals surface area (Å²) in [6, 6.07) is 0. The number of nitrogens with one attached hydrogen (secondary N) is 2. The fraction of sp³-hybridized carbons (Fsp3) is 0.857. The van der Waals surface area contributed by atoms with E-state index in [1.165, 1.54) is 0 Å². The van der Waals surface area contributed by atoms with Gasteiger partial charge in [0.1, 0.15) is 11.2 Å². The van der Waals surface area contributed by atoms with Crippen LogP contribution in [0.4, 0.5) is 9.59 Å². The van der Waals surface area contributed by atoms with Crippen molar-refractivity contribution in [3.63, 3.8) is 0 Å². The van der Waals surface area contributed by atoms with Gasteiger partial charge in [0.2, 0.25) is 0 Å². The molecule has 0 atom stereocenters. The van der Waals surface area contributed by atoms with Gasteiger partial charge in [0.05, 0.1) is 0 Å². The molecule has 0 aliphatic carbocycles. The fourth-order valence-electron chi connectivity index (χ4n) is 1.14. The van der Waals surface area contributed by atoms with Crippen LogP contribution in [0.1, 0.15) is 41.5 Å². The van der Waals surface area contributed by atoms with E-state index >= 15 is 0 Å². The average Bonchev–Trinajstić information content (AvgIpc) is 2.27. The molecule has 22 heavy (non-hydrogen) atoms. The summed E-state index contributed by atoms with van der Waals surface area (Å²) in [6.45, 7) is 12.1. The highest BCUT2D eigenvalue weighted by atomic mass is 33.1. The first-order valence-corrected chi connectivity index (χ1v) is 9.66. The predicted molar refractivity (Wildman–Crippen MR) is 93.4 cm³/mol. The van der Waals surface area contributed by atoms with Crippen LogP contribution in [0.2, 0.25) is 0 Å². The maximum atomic E-state index is 11.4. The van der Waals surface area contributed by atoms with Gasteiger partial charge in [-0.3, -0.25) is 0 Å². The van der Waals surface area contributed by atoms with Gasteiger partial charge in [-0.1, -0.05) is 21.6 Å². The van der Waals surface area contributed by atoms with Gasteiger partial charge in [-0.05, 0) is 41.5 Å². The Hall–Kier alpha value is -0.760. The van der Waals surface area contributed by atoms with E-state index in [9.17, 15) is 9.59 Å². The van der Waals surface area contributed by atoms with Crippen LogP contribution in [0.3, 0.4) is 0 Å². The highest BCUT2D eigenvalue weighted by Crippen LogP contribution is 2.19. The monoisotopic (exact) mass is 352 g/mol. The molecule has 8 heteroatoms. The zero-order valence-electron chi connectivity index (χ0n) is 14.3. The standard InChI is InChI=1S/C14H28N2O4S2/c1-13(2,3)19-11(17)15-7-9-21-22-10-8-16-12(18)20-14(4,5)6/h7-10H2,1-6H3,(H,15,17)(H,16,18). The van der Waals surface area contributed by atoms with Crippen LogP contribution in [-0.2, 0) is 9.47 Å². The minimum absolute atomic E-state index is 0.398. The van der Waals surface area contributed by atoms with Gasteiger partial charge >= 0.3 is 12.2 Å². The third kappa shape index (κ3) is 15.6. The van der Waals surface area contributed by atoms with Crippen molar-refractivity contribution < 1.29 is 19.1 Å². The first-order valence-electron chi connectivity index (χ1n) is 7.18. The summed E-state index contributed by atoms with van der Waals surface area (Å²) in [6.07, 6.45) is -0.797. The third-order valence-corrected chi connectivity index (χ3v) is 4.20. The van der Waals surface area contributed by atoms with Crippen LogP contribution in [0.5, 0.6) is 0 Å². The Bertz CT molecular complexity index is 318. The van der Waals surface area contributed by atoms with Crippen molar-refractivity contribution in [1.29, 1.82) is 0 Å². The number of hydrogen-bond acceptors (Lipinski definition) is 6. The second kappa shape index (κ2) is 10.1. The van der Waals surface area contributed by atoms with Gasteiger partial charge in [0.15, 0.2) is 0 Å². The van der Waals surface area contributed by atoms with Gasteiger partial charge in [-0.15, -0.1) is 0 Å². The van der Waals surface area contributed by atoms with Crippen molar-refractivity contribution in [1.82, 2.24) is 10.6 Å². The SMILES string of the molecule is CC(C)(C)OC(=O)NCCSSCCNC(=O)OC(C)(C)C. The number of carbonyl (C=O) groups is 2. The zero-order chi connectivity index (χ0) is 17.2. The number of rotatable bonds is 7. The Morgan fingerprint density at radius 3 is 1.36 bits per heavy atom. The maximum absolute atomic E-state index is 11.4. The molecular weight excluding hydrogens is 324 g/mol. The highest BCUT2D eigenvalue weighted by molar-refractivity contribution is 8.76. The van der Waals surface area contributed by atoms with Crippen molar-refractivity contribution in [2.75, 3.05) is 24.6 Å². The zero-order valence-corrected chi connectivity index (χ0v) is 15.9. The van der Waals surface area contributed by atoms with E-state index in [2.05, 4.69) is 10.6 Å². The predicted octanol–water partition coefficient (Wildman–Crippen LogP) is 3.42. The fourth-order valence-corrected chi connectivity index (χ4v) is 2.95. The first-order chi connectivity index (χ1) is 9.99. The Morgan fingerprint density at radius 1 is 0.773 bits per heavy atom.